The Hall–Kier alpha value is -1.89. The minimum Gasteiger partial charge on any atom is -0.424 e. The minimum absolute atomic E-state index is 0. The van der Waals surface area contributed by atoms with E-state index in [0.717, 1.165) is 13.0 Å². The number of aliphatic hydroxyl groups is 1. The topological polar surface area (TPSA) is 91.4 Å². The zero-order valence-corrected chi connectivity index (χ0v) is 20.2. The summed E-state index contributed by atoms with van der Waals surface area (Å²) in [7, 11) is 0. The highest BCUT2D eigenvalue weighted by Crippen LogP contribution is 2.34. The third kappa shape index (κ3) is 6.33. The van der Waals surface area contributed by atoms with Crippen molar-refractivity contribution in [3.63, 3.8) is 0 Å². The summed E-state index contributed by atoms with van der Waals surface area (Å²) >= 11 is 0. The molecule has 7 heteroatoms. The summed E-state index contributed by atoms with van der Waals surface area (Å²) in [6, 6.07) is 6.48. The molecule has 0 aliphatic heterocycles. The Morgan fingerprint density at radius 3 is 2.56 bits per heavy atom. The second-order valence-corrected chi connectivity index (χ2v) is 8.84. The van der Waals surface area contributed by atoms with Crippen LogP contribution in [0, 0.1) is 11.8 Å². The van der Waals surface area contributed by atoms with Crippen molar-refractivity contribution in [3.8, 4) is 5.75 Å². The van der Waals surface area contributed by atoms with Crippen molar-refractivity contribution in [2.75, 3.05) is 6.54 Å². The van der Waals surface area contributed by atoms with Gasteiger partial charge in [-0.2, -0.15) is 0 Å². The lowest BCUT2D eigenvalue weighted by molar-refractivity contribution is -0.135. The van der Waals surface area contributed by atoms with Crippen LogP contribution in [-0.4, -0.2) is 28.6 Å². The van der Waals surface area contributed by atoms with Crippen LogP contribution >= 0.6 is 12.4 Å². The molecule has 3 rings (SSSR count). The highest BCUT2D eigenvalue weighted by Gasteiger charge is 2.25. The lowest BCUT2D eigenvalue weighted by Crippen LogP contribution is -2.34. The molecule has 1 aliphatic carbocycles. The second kappa shape index (κ2) is 12.4. The summed E-state index contributed by atoms with van der Waals surface area (Å²) in [5.41, 5.74) is 0.884. The van der Waals surface area contributed by atoms with Crippen LogP contribution in [0.3, 0.4) is 0 Å². The first-order valence-electron chi connectivity index (χ1n) is 11.7. The minimum atomic E-state index is -0.741. The molecule has 3 atom stereocenters. The van der Waals surface area contributed by atoms with Crippen molar-refractivity contribution in [1.82, 2.24) is 10.3 Å². The van der Waals surface area contributed by atoms with Crippen LogP contribution in [0.15, 0.2) is 29.1 Å². The number of rotatable bonds is 9. The molecular weight excluding hydrogens is 428 g/mol. The number of aromatic nitrogens is 1. The Balaban J connectivity index is 0.00000363. The predicted molar refractivity (Wildman–Crippen MR) is 131 cm³/mol. The molecule has 6 nitrogen and oxygen atoms in total. The largest absolute Gasteiger partial charge is 0.424 e. The summed E-state index contributed by atoms with van der Waals surface area (Å²) in [6.45, 7) is 6.90. The molecular formula is C25H37ClN2O4. The van der Waals surface area contributed by atoms with E-state index in [1.54, 1.807) is 18.2 Å². The fraction of sp³-hybridized carbons (Fsp3) is 0.600. The molecule has 0 saturated heterocycles. The van der Waals surface area contributed by atoms with E-state index in [1.165, 1.54) is 38.2 Å². The lowest BCUT2D eigenvalue weighted by atomic mass is 9.79. The molecule has 3 unspecified atom stereocenters. The molecule has 1 aromatic heterocycles. The van der Waals surface area contributed by atoms with Crippen molar-refractivity contribution in [1.29, 1.82) is 0 Å². The number of aromatic amines is 1. The van der Waals surface area contributed by atoms with Gasteiger partial charge in [-0.05, 0) is 42.5 Å². The monoisotopic (exact) mass is 464 g/mol. The van der Waals surface area contributed by atoms with Crippen LogP contribution in [0.25, 0.3) is 10.9 Å². The fourth-order valence-corrected chi connectivity index (χ4v) is 4.85. The molecule has 32 heavy (non-hydrogen) atoms. The third-order valence-corrected chi connectivity index (χ3v) is 6.66. The first kappa shape index (κ1) is 26.4. The van der Waals surface area contributed by atoms with Gasteiger partial charge in [-0.25, -0.2) is 0 Å². The molecule has 2 aromatic rings. The van der Waals surface area contributed by atoms with Gasteiger partial charge >= 0.3 is 5.97 Å². The SMILES string of the molecule is CCNC(CC)C(O)c1ccc(OC(=O)CC(C)C2CCCCC2)c2[nH]c(=O)ccc12.Cl. The van der Waals surface area contributed by atoms with E-state index >= 15 is 0 Å². The smallest absolute Gasteiger partial charge is 0.311 e. The molecule has 1 aromatic carbocycles. The van der Waals surface area contributed by atoms with Crippen LogP contribution in [0.4, 0.5) is 0 Å². The Kier molecular flexibility index (Phi) is 10.2. The number of H-pyrrole nitrogens is 1. The average Bonchev–Trinajstić information content (AvgIpc) is 2.77. The predicted octanol–water partition coefficient (Wildman–Crippen LogP) is 4.88. The van der Waals surface area contributed by atoms with E-state index in [2.05, 4.69) is 17.2 Å². The quantitative estimate of drug-likeness (QED) is 0.363. The van der Waals surface area contributed by atoms with Crippen LogP contribution in [0.2, 0.25) is 0 Å². The zero-order chi connectivity index (χ0) is 22.4. The van der Waals surface area contributed by atoms with E-state index in [0.29, 0.717) is 34.6 Å². The Labute approximate surface area is 196 Å². The molecule has 0 bridgehead atoms. The molecule has 3 N–H and O–H groups in total. The van der Waals surface area contributed by atoms with Gasteiger partial charge in [-0.1, -0.05) is 58.9 Å². The van der Waals surface area contributed by atoms with Crippen LogP contribution in [0.5, 0.6) is 5.75 Å². The molecule has 1 fully saturated rings. The maximum Gasteiger partial charge on any atom is 0.311 e. The Morgan fingerprint density at radius 1 is 1.19 bits per heavy atom. The van der Waals surface area contributed by atoms with Gasteiger partial charge in [0.1, 0.15) is 0 Å². The highest BCUT2D eigenvalue weighted by atomic mass is 35.5. The van der Waals surface area contributed by atoms with Crippen LogP contribution < -0.4 is 15.6 Å². The molecule has 178 valence electrons. The lowest BCUT2D eigenvalue weighted by Gasteiger charge is -2.27. The standard InChI is InChI=1S/C25H36N2O4.ClH/c1-4-20(26-5-2)25(30)19-11-13-21(24-18(19)12-14-22(28)27-24)31-23(29)15-16(3)17-9-7-6-8-10-17;/h11-14,16-17,20,25-26,30H,4-10,15H2,1-3H3,(H,27,28);1H. The van der Waals surface area contributed by atoms with Gasteiger partial charge in [0.05, 0.1) is 11.6 Å². The number of hydrogen-bond acceptors (Lipinski definition) is 5. The molecule has 0 radical (unpaired) electrons. The number of pyridine rings is 1. The summed E-state index contributed by atoms with van der Waals surface area (Å²) in [4.78, 5) is 27.5. The van der Waals surface area contributed by atoms with Crippen molar-refractivity contribution >= 4 is 29.3 Å². The Morgan fingerprint density at radius 2 is 1.91 bits per heavy atom. The van der Waals surface area contributed by atoms with Gasteiger partial charge in [-0.15, -0.1) is 12.4 Å². The number of ether oxygens (including phenoxy) is 1. The first-order chi connectivity index (χ1) is 14.9. The third-order valence-electron chi connectivity index (χ3n) is 6.66. The van der Waals surface area contributed by atoms with E-state index < -0.39 is 6.10 Å². The first-order valence-corrected chi connectivity index (χ1v) is 11.7. The molecule has 1 aliphatic rings. The maximum atomic E-state index is 12.7. The van der Waals surface area contributed by atoms with E-state index in [9.17, 15) is 14.7 Å². The fourth-order valence-electron chi connectivity index (χ4n) is 4.85. The number of hydrogen-bond donors (Lipinski definition) is 3. The Bertz CT molecular complexity index is 939. The maximum absolute atomic E-state index is 12.7. The highest BCUT2D eigenvalue weighted by molar-refractivity contribution is 5.90. The van der Waals surface area contributed by atoms with E-state index in [-0.39, 0.29) is 35.9 Å². The van der Waals surface area contributed by atoms with E-state index in [4.69, 9.17) is 4.74 Å². The normalized spacial score (nSPS) is 17.4. The number of carbonyl (C=O) groups is 1. The number of halogens is 1. The number of benzene rings is 1. The van der Waals surface area contributed by atoms with E-state index in [1.807, 2.05) is 13.8 Å². The number of carbonyl (C=O) groups excluding carboxylic acids is 1. The number of likely N-dealkylation sites (N-methyl/N-ethyl adjacent to an activating group) is 1. The average molecular weight is 465 g/mol. The summed E-state index contributed by atoms with van der Waals surface area (Å²) in [5.74, 6) is 0.912. The number of nitrogens with one attached hydrogen (secondary N) is 2. The zero-order valence-electron chi connectivity index (χ0n) is 19.4. The number of aliphatic hydroxyl groups excluding tert-OH is 1. The molecule has 1 heterocycles. The second-order valence-electron chi connectivity index (χ2n) is 8.84. The van der Waals surface area contributed by atoms with Crippen LogP contribution in [0.1, 0.15) is 77.4 Å². The summed E-state index contributed by atoms with van der Waals surface area (Å²) < 4.78 is 5.71. The van der Waals surface area contributed by atoms with Gasteiger partial charge in [-0.3, -0.25) is 9.59 Å². The molecule has 1 saturated carbocycles. The number of esters is 1. The van der Waals surface area contributed by atoms with Gasteiger partial charge in [0, 0.05) is 23.9 Å². The van der Waals surface area contributed by atoms with Crippen LogP contribution in [-0.2, 0) is 4.79 Å². The molecule has 0 amide bonds. The number of fused-ring (bicyclic) bond motifs is 1. The van der Waals surface area contributed by atoms with Gasteiger partial charge in [0.15, 0.2) is 5.75 Å². The van der Waals surface area contributed by atoms with Gasteiger partial charge in [0.2, 0.25) is 5.56 Å². The molecule has 0 spiro atoms. The van der Waals surface area contributed by atoms with Crippen molar-refractivity contribution in [3.05, 3.63) is 40.2 Å². The summed E-state index contributed by atoms with van der Waals surface area (Å²) in [6.07, 6.45) is 6.52. The van der Waals surface area contributed by atoms with Crippen molar-refractivity contribution < 1.29 is 14.6 Å². The van der Waals surface area contributed by atoms with Gasteiger partial charge < -0.3 is 20.1 Å². The van der Waals surface area contributed by atoms with Crippen molar-refractivity contribution in [2.24, 2.45) is 11.8 Å². The van der Waals surface area contributed by atoms with Gasteiger partial charge in [0.25, 0.3) is 0 Å². The van der Waals surface area contributed by atoms with Crippen molar-refractivity contribution in [2.45, 2.75) is 77.9 Å². The summed E-state index contributed by atoms with van der Waals surface area (Å²) in [5, 5.41) is 14.9.